The van der Waals surface area contributed by atoms with Gasteiger partial charge in [-0.15, -0.1) is 11.3 Å². The zero-order valence-electron chi connectivity index (χ0n) is 12.3. The molecule has 3 rings (SSSR count). The quantitative estimate of drug-likeness (QED) is 0.775. The molecule has 0 aliphatic rings. The second-order valence-electron chi connectivity index (χ2n) is 5.10. The van der Waals surface area contributed by atoms with Crippen LogP contribution in [0.4, 0.5) is 0 Å². The summed E-state index contributed by atoms with van der Waals surface area (Å²) in [5, 5.41) is 6.62. The van der Waals surface area contributed by atoms with Crippen molar-refractivity contribution in [2.45, 2.75) is 26.9 Å². The van der Waals surface area contributed by atoms with Gasteiger partial charge in [-0.25, -0.2) is 4.98 Å². The molecule has 0 fully saturated rings. The van der Waals surface area contributed by atoms with E-state index in [0.29, 0.717) is 0 Å². The molecule has 3 aromatic rings. The highest BCUT2D eigenvalue weighted by Crippen LogP contribution is 2.20. The molecule has 0 spiro atoms. The average molecular weight is 297 g/mol. The van der Waals surface area contributed by atoms with Gasteiger partial charge in [-0.3, -0.25) is 0 Å². The lowest BCUT2D eigenvalue weighted by Crippen LogP contribution is -2.13. The highest BCUT2D eigenvalue weighted by molar-refractivity contribution is 7.09. The molecule has 0 atom stereocenters. The lowest BCUT2D eigenvalue weighted by atomic mass is 10.2. The standard InChI is InChI=1S/C17H19N3S/c1-13-10-15(11-18-12-17-19-8-9-21-17)14(2)20(13)16-6-4-3-5-7-16/h3-10,18H,11-12H2,1-2H3. The number of nitrogens with zero attached hydrogens (tertiary/aromatic N) is 2. The predicted molar refractivity (Wildman–Crippen MR) is 87.9 cm³/mol. The van der Waals surface area contributed by atoms with Crippen molar-refractivity contribution < 1.29 is 0 Å². The molecule has 0 saturated carbocycles. The van der Waals surface area contributed by atoms with Gasteiger partial charge in [-0.05, 0) is 37.6 Å². The van der Waals surface area contributed by atoms with E-state index in [1.807, 2.05) is 17.6 Å². The molecule has 0 saturated heterocycles. The van der Waals surface area contributed by atoms with E-state index in [2.05, 4.69) is 59.0 Å². The van der Waals surface area contributed by atoms with Gasteiger partial charge < -0.3 is 9.88 Å². The van der Waals surface area contributed by atoms with Crippen LogP contribution in [0.3, 0.4) is 0 Å². The first-order valence-electron chi connectivity index (χ1n) is 7.08. The first kappa shape index (κ1) is 14.0. The molecule has 0 bridgehead atoms. The van der Waals surface area contributed by atoms with Crippen LogP contribution >= 0.6 is 11.3 Å². The molecule has 4 heteroatoms. The van der Waals surface area contributed by atoms with Crippen LogP contribution in [0.25, 0.3) is 5.69 Å². The third-order valence-electron chi connectivity index (χ3n) is 3.63. The van der Waals surface area contributed by atoms with E-state index in [1.165, 1.54) is 22.6 Å². The first-order chi connectivity index (χ1) is 10.3. The number of hydrogen-bond donors (Lipinski definition) is 1. The van der Waals surface area contributed by atoms with Crippen LogP contribution in [0.5, 0.6) is 0 Å². The van der Waals surface area contributed by atoms with E-state index in [1.54, 1.807) is 11.3 Å². The van der Waals surface area contributed by atoms with Crippen molar-refractivity contribution in [1.82, 2.24) is 14.9 Å². The molecule has 0 unspecified atom stereocenters. The van der Waals surface area contributed by atoms with Crippen molar-refractivity contribution >= 4 is 11.3 Å². The maximum Gasteiger partial charge on any atom is 0.106 e. The van der Waals surface area contributed by atoms with Crippen molar-refractivity contribution in [2.24, 2.45) is 0 Å². The number of nitrogens with one attached hydrogen (secondary N) is 1. The molecule has 1 N–H and O–H groups in total. The van der Waals surface area contributed by atoms with Crippen molar-refractivity contribution in [3.05, 3.63) is 69.9 Å². The summed E-state index contributed by atoms with van der Waals surface area (Å²) in [6, 6.07) is 12.8. The molecule has 0 amide bonds. The minimum Gasteiger partial charge on any atom is -0.318 e. The van der Waals surface area contributed by atoms with Crippen LogP contribution in [0.1, 0.15) is 22.0 Å². The Balaban J connectivity index is 1.75. The summed E-state index contributed by atoms with van der Waals surface area (Å²) in [4.78, 5) is 4.29. The molecular weight excluding hydrogens is 278 g/mol. The zero-order valence-corrected chi connectivity index (χ0v) is 13.2. The molecule has 108 valence electrons. The van der Waals surface area contributed by atoms with Crippen LogP contribution < -0.4 is 5.32 Å². The molecule has 2 heterocycles. The summed E-state index contributed by atoms with van der Waals surface area (Å²) in [6.45, 7) is 6.03. The summed E-state index contributed by atoms with van der Waals surface area (Å²) >= 11 is 1.69. The number of thiazole rings is 1. The fourth-order valence-electron chi connectivity index (χ4n) is 2.63. The number of aromatic nitrogens is 2. The lowest BCUT2D eigenvalue weighted by Gasteiger charge is -2.10. The Labute approximate surface area is 129 Å². The minimum atomic E-state index is 0.826. The zero-order chi connectivity index (χ0) is 14.7. The molecule has 1 aromatic carbocycles. The molecular formula is C17H19N3S. The highest BCUT2D eigenvalue weighted by atomic mass is 32.1. The highest BCUT2D eigenvalue weighted by Gasteiger charge is 2.10. The Morgan fingerprint density at radius 1 is 1.14 bits per heavy atom. The van der Waals surface area contributed by atoms with Crippen LogP contribution in [-0.4, -0.2) is 9.55 Å². The van der Waals surface area contributed by atoms with Crippen LogP contribution in [0.2, 0.25) is 0 Å². The first-order valence-corrected chi connectivity index (χ1v) is 7.96. The lowest BCUT2D eigenvalue weighted by molar-refractivity contribution is 0.686. The average Bonchev–Trinajstić information content (AvgIpc) is 3.09. The Morgan fingerprint density at radius 2 is 1.95 bits per heavy atom. The second-order valence-corrected chi connectivity index (χ2v) is 6.08. The Hall–Kier alpha value is -1.91. The Kier molecular flexibility index (Phi) is 4.18. The van der Waals surface area contributed by atoms with Crippen molar-refractivity contribution in [2.75, 3.05) is 0 Å². The van der Waals surface area contributed by atoms with Gasteiger partial charge in [-0.1, -0.05) is 18.2 Å². The smallest absolute Gasteiger partial charge is 0.106 e. The van der Waals surface area contributed by atoms with Crippen molar-refractivity contribution in [3.8, 4) is 5.69 Å². The maximum absolute atomic E-state index is 4.29. The Morgan fingerprint density at radius 3 is 2.67 bits per heavy atom. The molecule has 0 radical (unpaired) electrons. The number of aryl methyl sites for hydroxylation is 1. The van der Waals surface area contributed by atoms with Crippen LogP contribution in [0, 0.1) is 13.8 Å². The number of hydrogen-bond acceptors (Lipinski definition) is 3. The molecule has 2 aromatic heterocycles. The van der Waals surface area contributed by atoms with Gasteiger partial charge in [0.05, 0.1) is 0 Å². The van der Waals surface area contributed by atoms with Gasteiger partial charge in [0, 0.05) is 41.7 Å². The largest absolute Gasteiger partial charge is 0.318 e. The summed E-state index contributed by atoms with van der Waals surface area (Å²) in [6.07, 6.45) is 1.85. The van der Waals surface area contributed by atoms with Crippen molar-refractivity contribution in [1.29, 1.82) is 0 Å². The van der Waals surface area contributed by atoms with E-state index in [9.17, 15) is 0 Å². The monoisotopic (exact) mass is 297 g/mol. The van der Waals surface area contributed by atoms with Crippen LogP contribution in [0.15, 0.2) is 48.0 Å². The molecule has 0 aliphatic heterocycles. The van der Waals surface area contributed by atoms with E-state index in [4.69, 9.17) is 0 Å². The topological polar surface area (TPSA) is 29.9 Å². The van der Waals surface area contributed by atoms with Gasteiger partial charge in [0.25, 0.3) is 0 Å². The summed E-state index contributed by atoms with van der Waals surface area (Å²) < 4.78 is 2.31. The third-order valence-corrected chi connectivity index (χ3v) is 4.41. The second kappa shape index (κ2) is 6.24. The summed E-state index contributed by atoms with van der Waals surface area (Å²) in [5.41, 5.74) is 5.13. The van der Waals surface area contributed by atoms with E-state index in [0.717, 1.165) is 18.1 Å². The Bertz CT molecular complexity index is 699. The van der Waals surface area contributed by atoms with Gasteiger partial charge in [0.2, 0.25) is 0 Å². The van der Waals surface area contributed by atoms with Gasteiger partial charge in [-0.2, -0.15) is 0 Å². The number of rotatable bonds is 5. The fourth-order valence-corrected chi connectivity index (χ4v) is 3.21. The number of para-hydroxylation sites is 1. The molecule has 0 aliphatic carbocycles. The predicted octanol–water partition coefficient (Wildman–Crippen LogP) is 3.84. The SMILES string of the molecule is Cc1cc(CNCc2nccs2)c(C)n1-c1ccccc1. The molecule has 21 heavy (non-hydrogen) atoms. The van der Waals surface area contributed by atoms with Crippen LogP contribution in [-0.2, 0) is 13.1 Å². The maximum atomic E-state index is 4.29. The fraction of sp³-hybridized carbons (Fsp3) is 0.235. The van der Waals surface area contributed by atoms with Gasteiger partial charge >= 0.3 is 0 Å². The van der Waals surface area contributed by atoms with Crippen molar-refractivity contribution in [3.63, 3.8) is 0 Å². The van der Waals surface area contributed by atoms with E-state index in [-0.39, 0.29) is 0 Å². The third kappa shape index (κ3) is 3.06. The minimum absolute atomic E-state index is 0.826. The normalized spacial score (nSPS) is 11.0. The van der Waals surface area contributed by atoms with Gasteiger partial charge in [0.1, 0.15) is 5.01 Å². The summed E-state index contributed by atoms with van der Waals surface area (Å²) in [7, 11) is 0. The van der Waals surface area contributed by atoms with E-state index < -0.39 is 0 Å². The summed E-state index contributed by atoms with van der Waals surface area (Å²) in [5.74, 6) is 0. The van der Waals surface area contributed by atoms with E-state index >= 15 is 0 Å². The van der Waals surface area contributed by atoms with Gasteiger partial charge in [0.15, 0.2) is 0 Å². The number of benzene rings is 1. The molecule has 3 nitrogen and oxygen atoms in total.